The molecule has 0 spiro atoms. The molecule has 1 aliphatic carbocycles. The molecule has 110 valence electrons. The van der Waals surface area contributed by atoms with Crippen LogP contribution in [0.2, 0.25) is 0 Å². The highest BCUT2D eigenvalue weighted by Crippen LogP contribution is 2.30. The molecule has 0 amide bonds. The van der Waals surface area contributed by atoms with Crippen LogP contribution in [0.15, 0.2) is 30.4 Å². The van der Waals surface area contributed by atoms with Crippen LogP contribution in [-0.2, 0) is 12.7 Å². The van der Waals surface area contributed by atoms with Crippen LogP contribution >= 0.6 is 0 Å². The normalized spacial score (nSPS) is 22.4. The zero-order valence-electron chi connectivity index (χ0n) is 10.6. The fraction of sp³-hybridized carbons (Fsp3) is 0.429. The Morgan fingerprint density at radius 2 is 1.95 bits per heavy atom. The van der Waals surface area contributed by atoms with Gasteiger partial charge in [0.2, 0.25) is 0 Å². The van der Waals surface area contributed by atoms with E-state index in [4.69, 9.17) is 5.11 Å². The van der Waals surface area contributed by atoms with E-state index in [-0.39, 0.29) is 30.7 Å². The van der Waals surface area contributed by atoms with Crippen molar-refractivity contribution in [1.29, 1.82) is 0 Å². The van der Waals surface area contributed by atoms with E-state index in [1.807, 2.05) is 12.2 Å². The van der Waals surface area contributed by atoms with Crippen molar-refractivity contribution in [3.8, 4) is 0 Å². The Kier molecular flexibility index (Phi) is 4.45. The van der Waals surface area contributed by atoms with E-state index in [0.29, 0.717) is 12.5 Å². The largest absolute Gasteiger partial charge is 0.416 e. The van der Waals surface area contributed by atoms with Gasteiger partial charge in [0, 0.05) is 25.1 Å². The molecule has 20 heavy (non-hydrogen) atoms. The maximum atomic E-state index is 13.2. The van der Waals surface area contributed by atoms with E-state index in [9.17, 15) is 17.6 Å². The Bertz CT molecular complexity index is 498. The minimum absolute atomic E-state index is 0.00949. The van der Waals surface area contributed by atoms with Crippen molar-refractivity contribution < 1.29 is 22.7 Å². The molecule has 0 aliphatic heterocycles. The SMILES string of the molecule is OC[C@H]1C=C[C@@H](NCc2cc(F)cc(C(F)(F)F)c2)C1. The molecule has 2 rings (SSSR count). The van der Waals surface area contributed by atoms with Crippen molar-refractivity contribution in [3.63, 3.8) is 0 Å². The summed E-state index contributed by atoms with van der Waals surface area (Å²) in [5, 5.41) is 12.0. The van der Waals surface area contributed by atoms with Crippen molar-refractivity contribution in [1.82, 2.24) is 5.32 Å². The number of aliphatic hydroxyl groups excluding tert-OH is 1. The van der Waals surface area contributed by atoms with Crippen molar-refractivity contribution >= 4 is 0 Å². The van der Waals surface area contributed by atoms with Gasteiger partial charge in [-0.05, 0) is 30.2 Å². The summed E-state index contributed by atoms with van der Waals surface area (Å²) in [5.74, 6) is -0.822. The van der Waals surface area contributed by atoms with E-state index in [1.54, 1.807) is 0 Å². The zero-order chi connectivity index (χ0) is 14.8. The lowest BCUT2D eigenvalue weighted by Gasteiger charge is -2.14. The van der Waals surface area contributed by atoms with E-state index in [1.165, 1.54) is 0 Å². The molecule has 1 aromatic rings. The quantitative estimate of drug-likeness (QED) is 0.660. The molecule has 6 heteroatoms. The molecule has 2 nitrogen and oxygen atoms in total. The van der Waals surface area contributed by atoms with Crippen LogP contribution in [0.4, 0.5) is 17.6 Å². The van der Waals surface area contributed by atoms with Gasteiger partial charge in [0.15, 0.2) is 0 Å². The van der Waals surface area contributed by atoms with E-state index in [2.05, 4.69) is 5.32 Å². The first-order valence-electron chi connectivity index (χ1n) is 6.27. The summed E-state index contributed by atoms with van der Waals surface area (Å²) in [4.78, 5) is 0. The predicted octanol–water partition coefficient (Wildman–Crippen LogP) is 2.87. The molecule has 2 N–H and O–H groups in total. The fourth-order valence-electron chi connectivity index (χ4n) is 2.23. The minimum atomic E-state index is -4.55. The van der Waals surface area contributed by atoms with Gasteiger partial charge in [-0.1, -0.05) is 12.2 Å². The third-order valence-electron chi connectivity index (χ3n) is 3.26. The van der Waals surface area contributed by atoms with Crippen molar-refractivity contribution in [2.75, 3.05) is 6.61 Å². The summed E-state index contributed by atoms with van der Waals surface area (Å²) in [7, 11) is 0. The molecule has 0 fully saturated rings. The Morgan fingerprint density at radius 3 is 2.55 bits per heavy atom. The highest BCUT2D eigenvalue weighted by molar-refractivity contribution is 5.27. The van der Waals surface area contributed by atoms with Crippen LogP contribution in [0, 0.1) is 11.7 Å². The predicted molar refractivity (Wildman–Crippen MR) is 66.4 cm³/mol. The fourth-order valence-corrected chi connectivity index (χ4v) is 2.23. The summed E-state index contributed by atoms with van der Waals surface area (Å²) < 4.78 is 50.9. The monoisotopic (exact) mass is 289 g/mol. The number of halogens is 4. The molecule has 0 radical (unpaired) electrons. The Hall–Kier alpha value is -1.40. The van der Waals surface area contributed by atoms with Crippen LogP contribution in [0.5, 0.6) is 0 Å². The van der Waals surface area contributed by atoms with Gasteiger partial charge in [0.05, 0.1) is 5.56 Å². The van der Waals surface area contributed by atoms with Crippen molar-refractivity contribution in [2.24, 2.45) is 5.92 Å². The molecule has 0 saturated heterocycles. The number of hydrogen-bond donors (Lipinski definition) is 2. The average molecular weight is 289 g/mol. The summed E-state index contributed by atoms with van der Waals surface area (Å²) in [5.41, 5.74) is -0.734. The van der Waals surface area contributed by atoms with E-state index in [0.717, 1.165) is 12.1 Å². The zero-order valence-corrected chi connectivity index (χ0v) is 10.6. The number of rotatable bonds is 4. The second kappa shape index (κ2) is 5.93. The second-order valence-electron chi connectivity index (χ2n) is 4.90. The van der Waals surface area contributed by atoms with Crippen molar-refractivity contribution in [2.45, 2.75) is 25.2 Å². The lowest BCUT2D eigenvalue weighted by atomic mass is 10.1. The van der Waals surface area contributed by atoms with Gasteiger partial charge in [-0.15, -0.1) is 0 Å². The third kappa shape index (κ3) is 3.80. The smallest absolute Gasteiger partial charge is 0.396 e. The summed E-state index contributed by atoms with van der Waals surface area (Å²) in [6, 6.07) is 2.51. The first-order chi connectivity index (χ1) is 9.38. The molecule has 0 bridgehead atoms. The highest BCUT2D eigenvalue weighted by atomic mass is 19.4. The van der Waals surface area contributed by atoms with Gasteiger partial charge in [-0.2, -0.15) is 13.2 Å². The number of aliphatic hydroxyl groups is 1. The number of hydrogen-bond acceptors (Lipinski definition) is 2. The van der Waals surface area contributed by atoms with E-state index >= 15 is 0 Å². The lowest BCUT2D eigenvalue weighted by Crippen LogP contribution is -2.26. The van der Waals surface area contributed by atoms with Crippen LogP contribution in [-0.4, -0.2) is 17.8 Å². The van der Waals surface area contributed by atoms with Gasteiger partial charge in [-0.25, -0.2) is 4.39 Å². The van der Waals surface area contributed by atoms with Gasteiger partial charge < -0.3 is 10.4 Å². The lowest BCUT2D eigenvalue weighted by molar-refractivity contribution is -0.137. The molecule has 0 heterocycles. The first-order valence-corrected chi connectivity index (χ1v) is 6.27. The minimum Gasteiger partial charge on any atom is -0.396 e. The van der Waals surface area contributed by atoms with E-state index < -0.39 is 17.6 Å². The number of alkyl halides is 3. The maximum absolute atomic E-state index is 13.2. The maximum Gasteiger partial charge on any atom is 0.416 e. The van der Waals surface area contributed by atoms with Gasteiger partial charge >= 0.3 is 6.18 Å². The topological polar surface area (TPSA) is 32.3 Å². The molecule has 2 atom stereocenters. The molecule has 1 aliphatic rings. The average Bonchev–Trinajstić information content (AvgIpc) is 2.82. The number of benzene rings is 1. The molecule has 0 unspecified atom stereocenters. The third-order valence-corrected chi connectivity index (χ3v) is 3.26. The second-order valence-corrected chi connectivity index (χ2v) is 4.90. The molecular weight excluding hydrogens is 274 g/mol. The van der Waals surface area contributed by atoms with Crippen LogP contribution in [0.1, 0.15) is 17.5 Å². The van der Waals surface area contributed by atoms with Crippen molar-refractivity contribution in [3.05, 3.63) is 47.3 Å². The molecule has 0 aromatic heterocycles. The number of nitrogens with one attached hydrogen (secondary N) is 1. The van der Waals surface area contributed by atoms with Gasteiger partial charge in [0.1, 0.15) is 5.82 Å². The van der Waals surface area contributed by atoms with Crippen LogP contribution < -0.4 is 5.32 Å². The summed E-state index contributed by atoms with van der Waals surface area (Å²) in [6.07, 6.45) is -0.126. The van der Waals surface area contributed by atoms with Crippen LogP contribution in [0.3, 0.4) is 0 Å². The highest BCUT2D eigenvalue weighted by Gasteiger charge is 2.31. The standard InChI is InChI=1S/C14H15F4NO/c15-12-4-10(3-11(6-12)14(16,17)18)7-19-13-2-1-9(5-13)8-20/h1-4,6,9,13,19-20H,5,7-8H2/t9-,13+/m0/s1. The molecule has 0 saturated carbocycles. The first kappa shape index (κ1) is 15.0. The van der Waals surface area contributed by atoms with Gasteiger partial charge in [0.25, 0.3) is 0 Å². The van der Waals surface area contributed by atoms with Gasteiger partial charge in [-0.3, -0.25) is 0 Å². The Balaban J connectivity index is 2.00. The Labute approximate surface area is 114 Å². The molecule has 1 aromatic carbocycles. The summed E-state index contributed by atoms with van der Waals surface area (Å²) >= 11 is 0. The Morgan fingerprint density at radius 1 is 1.20 bits per heavy atom. The molecular formula is C14H15F4NO. The summed E-state index contributed by atoms with van der Waals surface area (Å²) in [6.45, 7) is 0.195. The van der Waals surface area contributed by atoms with Crippen LogP contribution in [0.25, 0.3) is 0 Å².